The van der Waals surface area contributed by atoms with E-state index in [-0.39, 0.29) is 23.6 Å². The molecule has 0 fully saturated rings. The Bertz CT molecular complexity index is 1120. The number of aromatic nitrogens is 1. The van der Waals surface area contributed by atoms with E-state index in [2.05, 4.69) is 5.32 Å². The van der Waals surface area contributed by atoms with Gasteiger partial charge in [-0.05, 0) is 38.1 Å². The molecule has 166 valence electrons. The van der Waals surface area contributed by atoms with Gasteiger partial charge in [0, 0.05) is 42.4 Å². The number of benzene rings is 1. The first-order valence-corrected chi connectivity index (χ1v) is 9.20. The normalized spacial score (nSPS) is 15.9. The van der Waals surface area contributed by atoms with Crippen molar-refractivity contribution < 1.29 is 31.5 Å². The van der Waals surface area contributed by atoms with Crippen LogP contribution in [0.3, 0.4) is 0 Å². The number of pyridine rings is 1. The van der Waals surface area contributed by atoms with Crippen molar-refractivity contribution in [3.8, 4) is 5.75 Å². The minimum atomic E-state index is -5.80. The highest BCUT2D eigenvalue weighted by Gasteiger charge is 2.59. The maximum Gasteiger partial charge on any atom is 0.458 e. The third-order valence-corrected chi connectivity index (χ3v) is 4.91. The first kappa shape index (κ1) is 22.5. The largest absolute Gasteiger partial charge is 0.483 e. The minimum absolute atomic E-state index is 0.0315. The van der Waals surface area contributed by atoms with Crippen LogP contribution >= 0.6 is 0 Å². The van der Waals surface area contributed by atoms with Gasteiger partial charge >= 0.3 is 12.1 Å². The molecule has 2 heterocycles. The van der Waals surface area contributed by atoms with E-state index in [1.165, 1.54) is 31.3 Å². The number of nitrogens with one attached hydrogen (secondary N) is 1. The molecule has 5 nitrogen and oxygen atoms in total. The van der Waals surface area contributed by atoms with Gasteiger partial charge in [-0.3, -0.25) is 14.2 Å². The second-order valence-electron chi connectivity index (χ2n) is 7.54. The van der Waals surface area contributed by atoms with Gasteiger partial charge in [-0.1, -0.05) is 6.07 Å². The third kappa shape index (κ3) is 4.06. The average Bonchev–Trinajstić information content (AvgIpc) is 2.64. The van der Waals surface area contributed by atoms with E-state index in [0.29, 0.717) is 17.7 Å². The topological polar surface area (TPSA) is 60.3 Å². The highest BCUT2D eigenvalue weighted by molar-refractivity contribution is 5.79. The summed E-state index contributed by atoms with van der Waals surface area (Å²) in [6, 6.07) is 6.54. The predicted octanol–water partition coefficient (Wildman–Crippen LogP) is 4.07. The zero-order valence-corrected chi connectivity index (χ0v) is 16.8. The van der Waals surface area contributed by atoms with E-state index in [9.17, 15) is 31.5 Å². The highest BCUT2D eigenvalue weighted by atomic mass is 19.4. The number of nitrogens with zero attached hydrogens (tertiary/aromatic N) is 1. The van der Waals surface area contributed by atoms with E-state index >= 15 is 0 Å². The molecule has 31 heavy (non-hydrogen) atoms. The Morgan fingerprint density at radius 3 is 2.39 bits per heavy atom. The summed E-state index contributed by atoms with van der Waals surface area (Å²) >= 11 is 0. The van der Waals surface area contributed by atoms with Crippen molar-refractivity contribution in [1.82, 2.24) is 9.88 Å². The number of rotatable bonds is 4. The van der Waals surface area contributed by atoms with Crippen LogP contribution in [0.2, 0.25) is 0 Å². The van der Waals surface area contributed by atoms with Gasteiger partial charge < -0.3 is 10.1 Å². The zero-order chi connectivity index (χ0) is 23.2. The number of amides is 1. The smallest absolute Gasteiger partial charge is 0.458 e. The molecule has 1 aromatic carbocycles. The van der Waals surface area contributed by atoms with Gasteiger partial charge in [0.25, 0.3) is 5.56 Å². The van der Waals surface area contributed by atoms with Crippen molar-refractivity contribution in [3.63, 3.8) is 0 Å². The lowest BCUT2D eigenvalue weighted by molar-refractivity contribution is -0.289. The summed E-state index contributed by atoms with van der Waals surface area (Å²) in [6.07, 6.45) is -4.44. The molecule has 0 saturated carbocycles. The molecule has 10 heteroatoms. The third-order valence-electron chi connectivity index (χ3n) is 4.91. The molecule has 1 aliphatic heterocycles. The molecule has 0 radical (unpaired) electrons. The van der Waals surface area contributed by atoms with Crippen molar-refractivity contribution in [2.75, 3.05) is 6.54 Å². The molecular weight excluding hydrogens is 423 g/mol. The molecule has 0 atom stereocenters. The van der Waals surface area contributed by atoms with Crippen molar-refractivity contribution in [2.24, 2.45) is 0 Å². The number of ether oxygens (including phenoxy) is 1. The number of hydrogen-bond acceptors (Lipinski definition) is 3. The first-order valence-electron chi connectivity index (χ1n) is 9.20. The van der Waals surface area contributed by atoms with E-state index in [0.717, 1.165) is 10.6 Å². The molecule has 0 unspecified atom stereocenters. The lowest BCUT2D eigenvalue weighted by Crippen LogP contribution is -2.42. The Hall–Kier alpha value is -3.17. The summed E-state index contributed by atoms with van der Waals surface area (Å²) in [5, 5.41) is 2.57. The van der Waals surface area contributed by atoms with Crippen LogP contribution in [0.4, 0.5) is 22.0 Å². The SMILES string of the molecule is CC(=O)NCC1=C(n2ccccc2=O)c2cc(C(F)(F)C(F)(F)F)ccc2OC1(C)C. The standard InChI is InChI=1S/C21H19F5N2O3/c1-12(29)27-11-15-18(28-9-5-4-6-17(28)30)14-10-13(20(22,23)21(24,25)26)7-8-16(14)31-19(15,2)3/h4-10H,11H2,1-3H3,(H,27,29). The van der Waals surface area contributed by atoms with Crippen LogP contribution in [-0.2, 0) is 10.7 Å². The number of halogens is 5. The Labute approximate surface area is 174 Å². The number of fused-ring (bicyclic) bond motifs is 1. The van der Waals surface area contributed by atoms with Crippen LogP contribution in [0.5, 0.6) is 5.75 Å². The van der Waals surface area contributed by atoms with Gasteiger partial charge in [-0.15, -0.1) is 0 Å². The van der Waals surface area contributed by atoms with Crippen molar-refractivity contribution in [1.29, 1.82) is 0 Å². The monoisotopic (exact) mass is 442 g/mol. The van der Waals surface area contributed by atoms with Crippen molar-refractivity contribution >= 4 is 11.6 Å². The molecule has 2 aromatic rings. The van der Waals surface area contributed by atoms with Crippen LogP contribution in [0, 0.1) is 0 Å². The maximum atomic E-state index is 14.0. The summed E-state index contributed by atoms with van der Waals surface area (Å²) in [5.74, 6) is -5.48. The van der Waals surface area contributed by atoms with E-state index < -0.39 is 34.7 Å². The molecule has 1 aromatic heterocycles. The van der Waals surface area contributed by atoms with Gasteiger partial charge in [0.05, 0.1) is 5.70 Å². The van der Waals surface area contributed by atoms with Gasteiger partial charge in [0.15, 0.2) is 0 Å². The Morgan fingerprint density at radius 2 is 1.81 bits per heavy atom. The molecule has 0 bridgehead atoms. The van der Waals surface area contributed by atoms with Gasteiger partial charge in [-0.2, -0.15) is 22.0 Å². The summed E-state index contributed by atoms with van der Waals surface area (Å²) in [4.78, 5) is 24.0. The van der Waals surface area contributed by atoms with Crippen LogP contribution in [0.25, 0.3) is 5.70 Å². The number of carbonyl (C=O) groups is 1. The zero-order valence-electron chi connectivity index (χ0n) is 16.8. The van der Waals surface area contributed by atoms with Crippen LogP contribution in [-0.4, -0.2) is 28.8 Å². The van der Waals surface area contributed by atoms with E-state index in [1.807, 2.05) is 0 Å². The molecule has 0 aliphatic carbocycles. The summed E-state index contributed by atoms with van der Waals surface area (Å²) in [5.41, 5.74) is -2.64. The van der Waals surface area contributed by atoms with Crippen LogP contribution in [0.1, 0.15) is 31.9 Å². The van der Waals surface area contributed by atoms with Crippen molar-refractivity contribution in [3.05, 3.63) is 69.6 Å². The fourth-order valence-electron chi connectivity index (χ4n) is 3.34. The lowest BCUT2D eigenvalue weighted by atomic mass is 9.88. The second kappa shape index (κ2) is 7.51. The van der Waals surface area contributed by atoms with E-state index in [1.54, 1.807) is 13.8 Å². The maximum absolute atomic E-state index is 14.0. The summed E-state index contributed by atoms with van der Waals surface area (Å²) in [6.45, 7) is 4.43. The fourth-order valence-corrected chi connectivity index (χ4v) is 3.34. The number of carbonyl (C=O) groups excluding carboxylic acids is 1. The van der Waals surface area contributed by atoms with Crippen molar-refractivity contribution in [2.45, 2.75) is 38.5 Å². The van der Waals surface area contributed by atoms with Gasteiger partial charge in [-0.25, -0.2) is 0 Å². The average molecular weight is 442 g/mol. The molecule has 1 amide bonds. The predicted molar refractivity (Wildman–Crippen MR) is 103 cm³/mol. The molecule has 0 spiro atoms. The number of alkyl halides is 5. The molecule has 1 aliphatic rings. The minimum Gasteiger partial charge on any atom is -0.483 e. The second-order valence-corrected chi connectivity index (χ2v) is 7.54. The quantitative estimate of drug-likeness (QED) is 0.727. The van der Waals surface area contributed by atoms with Crippen LogP contribution < -0.4 is 15.6 Å². The Balaban J connectivity index is 2.34. The highest BCUT2D eigenvalue weighted by Crippen LogP contribution is 2.47. The number of hydrogen-bond donors (Lipinski definition) is 1. The molecule has 3 rings (SSSR count). The molecular formula is C21H19F5N2O3. The van der Waals surface area contributed by atoms with E-state index in [4.69, 9.17) is 4.74 Å². The van der Waals surface area contributed by atoms with Gasteiger partial charge in [0.1, 0.15) is 11.4 Å². The molecule has 1 N–H and O–H groups in total. The lowest BCUT2D eigenvalue weighted by Gasteiger charge is -2.38. The first-order chi connectivity index (χ1) is 14.3. The molecule has 0 saturated heterocycles. The van der Waals surface area contributed by atoms with Gasteiger partial charge in [0.2, 0.25) is 5.91 Å². The summed E-state index contributed by atoms with van der Waals surface area (Å²) in [7, 11) is 0. The Morgan fingerprint density at radius 1 is 1.13 bits per heavy atom. The Kier molecular flexibility index (Phi) is 5.45. The fraction of sp³-hybridized carbons (Fsp3) is 0.333. The van der Waals surface area contributed by atoms with Crippen LogP contribution in [0.15, 0.2) is 53.0 Å². The summed E-state index contributed by atoms with van der Waals surface area (Å²) < 4.78 is 73.9.